The van der Waals surface area contributed by atoms with Gasteiger partial charge >= 0.3 is 0 Å². The number of hydrogen-bond acceptors (Lipinski definition) is 5. The molecule has 4 rings (SSSR count). The van der Waals surface area contributed by atoms with Crippen LogP contribution in [-0.4, -0.2) is 30.5 Å². The average molecular weight is 496 g/mol. The quantitative estimate of drug-likeness (QED) is 0.251. The standard InChI is InChI=1S/C27H23ClFNO5/c1-3-14-35-18-11-8-16(9-12-18)25(31)23-24(19-6-4-5-7-21(19)29)30(27(33)26(23)32)17-10-13-22(34-2)20(28)15-17/h4-13,15,24,31H,3,14H2,1-2H3/b25-23+. The second-order valence-corrected chi connectivity index (χ2v) is 8.29. The number of aliphatic hydroxyl groups is 1. The summed E-state index contributed by atoms with van der Waals surface area (Å²) in [5.74, 6) is -1.92. The van der Waals surface area contributed by atoms with E-state index in [4.69, 9.17) is 21.1 Å². The molecule has 35 heavy (non-hydrogen) atoms. The summed E-state index contributed by atoms with van der Waals surface area (Å²) in [6.07, 6.45) is 0.837. The minimum Gasteiger partial charge on any atom is -0.507 e. The van der Waals surface area contributed by atoms with E-state index in [1.165, 1.54) is 31.4 Å². The molecule has 0 radical (unpaired) electrons. The van der Waals surface area contributed by atoms with Crippen LogP contribution < -0.4 is 14.4 Å². The van der Waals surface area contributed by atoms with Crippen LogP contribution in [0.5, 0.6) is 11.5 Å². The highest BCUT2D eigenvalue weighted by atomic mass is 35.5. The summed E-state index contributed by atoms with van der Waals surface area (Å²) in [4.78, 5) is 27.5. The van der Waals surface area contributed by atoms with Crippen LogP contribution in [-0.2, 0) is 9.59 Å². The number of carbonyl (C=O) groups is 2. The van der Waals surface area contributed by atoms with E-state index >= 15 is 0 Å². The van der Waals surface area contributed by atoms with Crippen molar-refractivity contribution in [2.45, 2.75) is 19.4 Å². The molecular weight excluding hydrogens is 473 g/mol. The van der Waals surface area contributed by atoms with Crippen LogP contribution in [0.4, 0.5) is 10.1 Å². The Labute approximate surface area is 207 Å². The lowest BCUT2D eigenvalue weighted by atomic mass is 9.94. The smallest absolute Gasteiger partial charge is 0.300 e. The van der Waals surface area contributed by atoms with Gasteiger partial charge in [0.2, 0.25) is 0 Å². The molecule has 1 fully saturated rings. The molecule has 1 unspecified atom stereocenters. The van der Waals surface area contributed by atoms with Gasteiger partial charge in [-0.05, 0) is 55.0 Å². The van der Waals surface area contributed by atoms with Crippen molar-refractivity contribution in [2.75, 3.05) is 18.6 Å². The number of hydrogen-bond donors (Lipinski definition) is 1. The summed E-state index contributed by atoms with van der Waals surface area (Å²) in [5, 5.41) is 11.4. The topological polar surface area (TPSA) is 76.1 Å². The first-order valence-corrected chi connectivity index (χ1v) is 11.4. The van der Waals surface area contributed by atoms with Crippen LogP contribution in [0.3, 0.4) is 0 Å². The van der Waals surface area contributed by atoms with E-state index in [9.17, 15) is 19.1 Å². The molecule has 3 aromatic rings. The van der Waals surface area contributed by atoms with Gasteiger partial charge in [0.25, 0.3) is 11.7 Å². The fourth-order valence-corrected chi connectivity index (χ4v) is 4.23. The lowest BCUT2D eigenvalue weighted by molar-refractivity contribution is -0.132. The number of ketones is 1. The molecule has 1 saturated heterocycles. The van der Waals surface area contributed by atoms with Gasteiger partial charge in [-0.3, -0.25) is 14.5 Å². The highest BCUT2D eigenvalue weighted by molar-refractivity contribution is 6.51. The van der Waals surface area contributed by atoms with Gasteiger partial charge in [0.05, 0.1) is 30.4 Å². The second kappa shape index (κ2) is 10.2. The van der Waals surface area contributed by atoms with Gasteiger partial charge in [-0.25, -0.2) is 4.39 Å². The van der Waals surface area contributed by atoms with Gasteiger partial charge in [-0.15, -0.1) is 0 Å². The fourth-order valence-electron chi connectivity index (χ4n) is 3.98. The maximum absolute atomic E-state index is 15.0. The van der Waals surface area contributed by atoms with Crippen LogP contribution in [0.15, 0.2) is 72.3 Å². The van der Waals surface area contributed by atoms with E-state index in [2.05, 4.69) is 0 Å². The minimum atomic E-state index is -1.21. The van der Waals surface area contributed by atoms with Crippen molar-refractivity contribution in [1.29, 1.82) is 0 Å². The van der Waals surface area contributed by atoms with Crippen molar-refractivity contribution < 1.29 is 28.6 Å². The molecule has 1 aliphatic rings. The molecule has 1 heterocycles. The van der Waals surface area contributed by atoms with Gasteiger partial charge in [0, 0.05) is 16.8 Å². The van der Waals surface area contributed by atoms with Crippen LogP contribution >= 0.6 is 11.6 Å². The van der Waals surface area contributed by atoms with E-state index in [0.29, 0.717) is 23.7 Å². The maximum atomic E-state index is 15.0. The second-order valence-electron chi connectivity index (χ2n) is 7.88. The normalized spacial score (nSPS) is 17.0. The summed E-state index contributed by atoms with van der Waals surface area (Å²) >= 11 is 6.27. The van der Waals surface area contributed by atoms with Gasteiger partial charge in [0.15, 0.2) is 0 Å². The molecular formula is C27H23ClFNO5. The molecule has 8 heteroatoms. The number of anilines is 1. The molecule has 1 atom stereocenters. The Morgan fingerprint density at radius 1 is 1.09 bits per heavy atom. The number of Topliss-reactive ketones (excluding diaryl/α,β-unsaturated/α-hetero) is 1. The molecule has 3 aromatic carbocycles. The number of benzene rings is 3. The van der Waals surface area contributed by atoms with E-state index in [-0.39, 0.29) is 21.8 Å². The predicted octanol–water partition coefficient (Wildman–Crippen LogP) is 5.90. The molecule has 0 saturated carbocycles. The summed E-state index contributed by atoms with van der Waals surface area (Å²) in [6.45, 7) is 2.52. The van der Waals surface area contributed by atoms with Crippen molar-refractivity contribution in [3.05, 3.63) is 94.3 Å². The third-order valence-electron chi connectivity index (χ3n) is 5.66. The lowest BCUT2D eigenvalue weighted by Gasteiger charge is -2.26. The van der Waals surface area contributed by atoms with E-state index in [1.54, 1.807) is 42.5 Å². The van der Waals surface area contributed by atoms with Crippen LogP contribution in [0.25, 0.3) is 5.76 Å². The highest BCUT2D eigenvalue weighted by Crippen LogP contribution is 2.44. The van der Waals surface area contributed by atoms with Crippen LogP contribution in [0.1, 0.15) is 30.5 Å². The zero-order chi connectivity index (χ0) is 25.1. The van der Waals surface area contributed by atoms with E-state index in [1.807, 2.05) is 6.92 Å². The largest absolute Gasteiger partial charge is 0.507 e. The van der Waals surface area contributed by atoms with E-state index in [0.717, 1.165) is 11.3 Å². The van der Waals surface area contributed by atoms with Gasteiger partial charge < -0.3 is 14.6 Å². The van der Waals surface area contributed by atoms with Crippen LogP contribution in [0.2, 0.25) is 5.02 Å². The number of rotatable bonds is 7. The first kappa shape index (κ1) is 24.3. The lowest BCUT2D eigenvalue weighted by Crippen LogP contribution is -2.29. The summed E-state index contributed by atoms with van der Waals surface area (Å²) in [6, 6.07) is 15.6. The van der Waals surface area contributed by atoms with Crippen molar-refractivity contribution in [3.8, 4) is 11.5 Å². The van der Waals surface area contributed by atoms with Crippen molar-refractivity contribution in [1.82, 2.24) is 0 Å². The number of methoxy groups -OCH3 is 1. The Balaban J connectivity index is 1.87. The maximum Gasteiger partial charge on any atom is 0.300 e. The molecule has 0 aromatic heterocycles. The number of halogens is 2. The van der Waals surface area contributed by atoms with Crippen molar-refractivity contribution in [2.24, 2.45) is 0 Å². The number of aliphatic hydroxyl groups excluding tert-OH is 1. The molecule has 0 bridgehead atoms. The fraction of sp³-hybridized carbons (Fsp3) is 0.185. The van der Waals surface area contributed by atoms with E-state index < -0.39 is 29.3 Å². The molecule has 0 spiro atoms. The molecule has 1 aliphatic heterocycles. The number of nitrogens with zero attached hydrogens (tertiary/aromatic N) is 1. The molecule has 0 aliphatic carbocycles. The number of carbonyl (C=O) groups excluding carboxylic acids is 2. The van der Waals surface area contributed by atoms with Crippen LogP contribution in [0, 0.1) is 5.82 Å². The summed E-state index contributed by atoms with van der Waals surface area (Å²) in [7, 11) is 1.45. The number of ether oxygens (including phenoxy) is 2. The van der Waals surface area contributed by atoms with Gasteiger partial charge in [0.1, 0.15) is 23.1 Å². The Bertz CT molecular complexity index is 1310. The molecule has 1 N–H and O–H groups in total. The summed E-state index contributed by atoms with van der Waals surface area (Å²) in [5.41, 5.74) is 0.381. The molecule has 180 valence electrons. The molecule has 6 nitrogen and oxygen atoms in total. The highest BCUT2D eigenvalue weighted by Gasteiger charge is 2.48. The Kier molecular flexibility index (Phi) is 7.07. The third kappa shape index (κ3) is 4.59. The average Bonchev–Trinajstić information content (AvgIpc) is 3.13. The minimum absolute atomic E-state index is 0.0584. The third-order valence-corrected chi connectivity index (χ3v) is 5.95. The first-order valence-electron chi connectivity index (χ1n) is 11.0. The van der Waals surface area contributed by atoms with Gasteiger partial charge in [-0.2, -0.15) is 0 Å². The first-order chi connectivity index (χ1) is 16.9. The predicted molar refractivity (Wildman–Crippen MR) is 131 cm³/mol. The monoisotopic (exact) mass is 495 g/mol. The zero-order valence-corrected chi connectivity index (χ0v) is 19.9. The zero-order valence-electron chi connectivity index (χ0n) is 19.1. The Morgan fingerprint density at radius 3 is 2.43 bits per heavy atom. The molecule has 1 amide bonds. The van der Waals surface area contributed by atoms with Crippen molar-refractivity contribution in [3.63, 3.8) is 0 Å². The van der Waals surface area contributed by atoms with Crippen molar-refractivity contribution >= 4 is 34.7 Å². The summed E-state index contributed by atoms with van der Waals surface area (Å²) < 4.78 is 25.7. The number of amides is 1. The Hall–Kier alpha value is -3.84. The Morgan fingerprint density at radius 2 is 1.80 bits per heavy atom. The van der Waals surface area contributed by atoms with Gasteiger partial charge in [-0.1, -0.05) is 36.7 Å². The SMILES string of the molecule is CCCOc1ccc(/C(O)=C2\C(=O)C(=O)N(c3ccc(OC)c(Cl)c3)C2c2ccccc2F)cc1.